The molecule has 1 aromatic rings. The first-order chi connectivity index (χ1) is 10.1. The van der Waals surface area contributed by atoms with Crippen LogP contribution in [0.15, 0.2) is 36.4 Å². The molecule has 2 amide bonds. The lowest BCUT2D eigenvalue weighted by molar-refractivity contribution is -0.127. The third-order valence-electron chi connectivity index (χ3n) is 3.68. The quantitative estimate of drug-likeness (QED) is 0.816. The molecule has 0 radical (unpaired) electrons. The van der Waals surface area contributed by atoms with E-state index in [2.05, 4.69) is 10.6 Å². The maximum Gasteiger partial charge on any atom is 0.244 e. The number of carbonyl (C=O) groups excluding carboxylic acids is 2. The summed E-state index contributed by atoms with van der Waals surface area (Å²) in [5.74, 6) is -0.365. The SMILES string of the molecule is C[C@H](NC(=O)/C=C/c1ccccc1)C(=O)NC1CCCC1. The fourth-order valence-corrected chi connectivity index (χ4v) is 2.46. The molecule has 0 unspecified atom stereocenters. The Morgan fingerprint density at radius 2 is 1.86 bits per heavy atom. The van der Waals surface area contributed by atoms with E-state index >= 15 is 0 Å². The highest BCUT2D eigenvalue weighted by Crippen LogP contribution is 2.17. The third kappa shape index (κ3) is 5.06. The van der Waals surface area contributed by atoms with Gasteiger partial charge in [0.05, 0.1) is 0 Å². The smallest absolute Gasteiger partial charge is 0.244 e. The Balaban J connectivity index is 1.78. The molecule has 21 heavy (non-hydrogen) atoms. The van der Waals surface area contributed by atoms with Crippen molar-refractivity contribution in [3.63, 3.8) is 0 Å². The van der Waals surface area contributed by atoms with E-state index in [1.807, 2.05) is 30.3 Å². The Labute approximate surface area is 125 Å². The van der Waals surface area contributed by atoms with E-state index in [0.29, 0.717) is 0 Å². The van der Waals surface area contributed by atoms with E-state index in [-0.39, 0.29) is 17.9 Å². The summed E-state index contributed by atoms with van der Waals surface area (Å²) in [5.41, 5.74) is 0.954. The topological polar surface area (TPSA) is 58.2 Å². The molecule has 0 aliphatic heterocycles. The lowest BCUT2D eigenvalue weighted by Crippen LogP contribution is -2.47. The summed E-state index contributed by atoms with van der Waals surface area (Å²) >= 11 is 0. The maximum atomic E-state index is 12.0. The standard InChI is InChI=1S/C17H22N2O2/c1-13(17(21)19-15-9-5-6-10-15)18-16(20)12-11-14-7-3-2-4-8-14/h2-4,7-8,11-13,15H,5-6,9-10H2,1H3,(H,18,20)(H,19,21)/b12-11+/t13-/m0/s1. The van der Waals surface area contributed by atoms with Crippen LogP contribution in [0.1, 0.15) is 38.2 Å². The molecule has 4 nitrogen and oxygen atoms in total. The lowest BCUT2D eigenvalue weighted by Gasteiger charge is -2.17. The monoisotopic (exact) mass is 286 g/mol. The molecule has 2 rings (SSSR count). The fraction of sp³-hybridized carbons (Fsp3) is 0.412. The van der Waals surface area contributed by atoms with Crippen LogP contribution in [0.4, 0.5) is 0 Å². The molecule has 1 aliphatic carbocycles. The van der Waals surface area contributed by atoms with Crippen molar-refractivity contribution in [1.29, 1.82) is 0 Å². The van der Waals surface area contributed by atoms with E-state index < -0.39 is 6.04 Å². The van der Waals surface area contributed by atoms with Crippen molar-refractivity contribution >= 4 is 17.9 Å². The van der Waals surface area contributed by atoms with Gasteiger partial charge in [0.2, 0.25) is 11.8 Å². The third-order valence-corrected chi connectivity index (χ3v) is 3.68. The van der Waals surface area contributed by atoms with Gasteiger partial charge in [-0.3, -0.25) is 9.59 Å². The normalized spacial score (nSPS) is 16.8. The van der Waals surface area contributed by atoms with Gasteiger partial charge in [0.25, 0.3) is 0 Å². The molecule has 0 heterocycles. The number of hydrogen-bond donors (Lipinski definition) is 2. The fourth-order valence-electron chi connectivity index (χ4n) is 2.46. The highest BCUT2D eigenvalue weighted by atomic mass is 16.2. The molecule has 1 saturated carbocycles. The number of amides is 2. The molecule has 112 valence electrons. The number of carbonyl (C=O) groups is 2. The van der Waals surface area contributed by atoms with Gasteiger partial charge < -0.3 is 10.6 Å². The zero-order chi connectivity index (χ0) is 15.1. The summed E-state index contributed by atoms with van der Waals surface area (Å²) in [4.78, 5) is 23.7. The molecule has 4 heteroatoms. The van der Waals surface area contributed by atoms with Crippen LogP contribution in [0.2, 0.25) is 0 Å². The van der Waals surface area contributed by atoms with Crippen LogP contribution in [0.5, 0.6) is 0 Å². The van der Waals surface area contributed by atoms with Gasteiger partial charge in [-0.2, -0.15) is 0 Å². The number of rotatable bonds is 5. The Morgan fingerprint density at radius 3 is 2.52 bits per heavy atom. The van der Waals surface area contributed by atoms with E-state index in [1.165, 1.54) is 18.9 Å². The van der Waals surface area contributed by atoms with Crippen molar-refractivity contribution in [2.24, 2.45) is 0 Å². The van der Waals surface area contributed by atoms with E-state index in [1.54, 1.807) is 13.0 Å². The minimum atomic E-state index is -0.515. The van der Waals surface area contributed by atoms with Crippen LogP contribution >= 0.6 is 0 Å². The molecule has 0 aromatic heterocycles. The van der Waals surface area contributed by atoms with Crippen LogP contribution in [0, 0.1) is 0 Å². The average molecular weight is 286 g/mol. The van der Waals surface area contributed by atoms with Crippen LogP contribution in [0.25, 0.3) is 6.08 Å². The van der Waals surface area contributed by atoms with E-state index in [9.17, 15) is 9.59 Å². The van der Waals surface area contributed by atoms with E-state index in [0.717, 1.165) is 18.4 Å². The molecular formula is C17H22N2O2. The average Bonchev–Trinajstić information content (AvgIpc) is 2.99. The summed E-state index contributed by atoms with van der Waals surface area (Å²) in [6.45, 7) is 1.71. The summed E-state index contributed by atoms with van der Waals surface area (Å²) < 4.78 is 0. The first kappa shape index (κ1) is 15.3. The maximum absolute atomic E-state index is 12.0. The zero-order valence-electron chi connectivity index (χ0n) is 12.3. The Bertz CT molecular complexity index is 505. The van der Waals surface area contributed by atoms with Gasteiger partial charge in [0.15, 0.2) is 0 Å². The van der Waals surface area contributed by atoms with Crippen LogP contribution < -0.4 is 10.6 Å². The molecule has 1 aromatic carbocycles. The van der Waals surface area contributed by atoms with Crippen molar-refractivity contribution in [2.45, 2.75) is 44.7 Å². The molecular weight excluding hydrogens is 264 g/mol. The van der Waals surface area contributed by atoms with Crippen LogP contribution in [-0.4, -0.2) is 23.9 Å². The van der Waals surface area contributed by atoms with Crippen LogP contribution in [-0.2, 0) is 9.59 Å². The predicted molar refractivity (Wildman–Crippen MR) is 83.5 cm³/mol. The summed E-state index contributed by atoms with van der Waals surface area (Å²) in [6, 6.07) is 9.34. The van der Waals surface area contributed by atoms with E-state index in [4.69, 9.17) is 0 Å². The Kier molecular flexibility index (Phi) is 5.55. The first-order valence-corrected chi connectivity index (χ1v) is 7.49. The van der Waals surface area contributed by atoms with Gasteiger partial charge in [-0.05, 0) is 31.4 Å². The molecule has 0 saturated heterocycles. The second-order valence-electron chi connectivity index (χ2n) is 5.46. The van der Waals surface area contributed by atoms with Gasteiger partial charge in [-0.25, -0.2) is 0 Å². The second-order valence-corrected chi connectivity index (χ2v) is 5.46. The van der Waals surface area contributed by atoms with Crippen molar-refractivity contribution in [2.75, 3.05) is 0 Å². The molecule has 1 aliphatic rings. The molecule has 1 atom stereocenters. The van der Waals surface area contributed by atoms with Gasteiger partial charge in [-0.15, -0.1) is 0 Å². The van der Waals surface area contributed by atoms with Crippen molar-refractivity contribution in [3.8, 4) is 0 Å². The second kappa shape index (κ2) is 7.62. The predicted octanol–water partition coefficient (Wildman–Crippen LogP) is 2.26. The summed E-state index contributed by atoms with van der Waals surface area (Å²) in [6.07, 6.45) is 7.61. The van der Waals surface area contributed by atoms with Crippen molar-refractivity contribution in [1.82, 2.24) is 10.6 Å². The largest absolute Gasteiger partial charge is 0.352 e. The zero-order valence-corrected chi connectivity index (χ0v) is 12.3. The minimum absolute atomic E-state index is 0.108. The van der Waals surface area contributed by atoms with Crippen molar-refractivity contribution < 1.29 is 9.59 Å². The molecule has 0 bridgehead atoms. The van der Waals surface area contributed by atoms with Gasteiger partial charge in [0, 0.05) is 12.1 Å². The molecule has 0 spiro atoms. The Morgan fingerprint density at radius 1 is 1.19 bits per heavy atom. The summed E-state index contributed by atoms with van der Waals surface area (Å²) in [5, 5.41) is 5.67. The van der Waals surface area contributed by atoms with Gasteiger partial charge in [0.1, 0.15) is 6.04 Å². The van der Waals surface area contributed by atoms with Crippen molar-refractivity contribution in [3.05, 3.63) is 42.0 Å². The van der Waals surface area contributed by atoms with Crippen LogP contribution in [0.3, 0.4) is 0 Å². The Hall–Kier alpha value is -2.10. The summed E-state index contributed by atoms with van der Waals surface area (Å²) in [7, 11) is 0. The van der Waals surface area contributed by atoms with Gasteiger partial charge in [-0.1, -0.05) is 43.2 Å². The molecule has 1 fully saturated rings. The highest BCUT2D eigenvalue weighted by molar-refractivity contribution is 5.95. The lowest BCUT2D eigenvalue weighted by atomic mass is 10.2. The number of nitrogens with one attached hydrogen (secondary N) is 2. The molecule has 2 N–H and O–H groups in total. The van der Waals surface area contributed by atoms with Gasteiger partial charge >= 0.3 is 0 Å². The first-order valence-electron chi connectivity index (χ1n) is 7.49. The highest BCUT2D eigenvalue weighted by Gasteiger charge is 2.21. The minimum Gasteiger partial charge on any atom is -0.352 e. The number of hydrogen-bond acceptors (Lipinski definition) is 2. The number of benzene rings is 1.